The number of rotatable bonds is 9. The van der Waals surface area contributed by atoms with Crippen LogP contribution in [0.4, 0.5) is 0 Å². The Morgan fingerprint density at radius 1 is 1.42 bits per heavy atom. The highest BCUT2D eigenvalue weighted by atomic mass is 16.4. The number of carbonyl (C=O) groups is 1. The highest BCUT2D eigenvalue weighted by Crippen LogP contribution is 2.42. The van der Waals surface area contributed by atoms with Crippen LogP contribution in [0.3, 0.4) is 0 Å². The van der Waals surface area contributed by atoms with Gasteiger partial charge >= 0.3 is 5.97 Å². The Kier molecular flexibility index (Phi) is 4.51. The minimum Gasteiger partial charge on any atom is -0.480 e. The van der Waals surface area contributed by atoms with Crippen LogP contribution in [-0.2, 0) is 4.79 Å². The third kappa shape index (κ3) is 3.29. The van der Waals surface area contributed by atoms with Gasteiger partial charge in [-0.3, -0.25) is 4.79 Å². The van der Waals surface area contributed by atoms with Gasteiger partial charge in [-0.25, -0.2) is 0 Å². The molecule has 2 aliphatic carbocycles. The maximum Gasteiger partial charge on any atom is 0.325 e. The molecular weight excluding hydrogens is 240 g/mol. The molecule has 0 spiro atoms. The van der Waals surface area contributed by atoms with Gasteiger partial charge in [0.25, 0.3) is 0 Å². The highest BCUT2D eigenvalue weighted by molar-refractivity contribution is 5.80. The molecule has 0 radical (unpaired) electrons. The van der Waals surface area contributed by atoms with Gasteiger partial charge in [-0.05, 0) is 64.5 Å². The van der Waals surface area contributed by atoms with Crippen LogP contribution in [-0.4, -0.2) is 47.7 Å². The fraction of sp³-hybridized carbons (Fsp3) is 0.933. The van der Waals surface area contributed by atoms with Gasteiger partial charge in [0.1, 0.15) is 5.54 Å². The molecule has 0 aromatic rings. The Labute approximate surface area is 116 Å². The van der Waals surface area contributed by atoms with E-state index in [1.165, 1.54) is 12.8 Å². The van der Waals surface area contributed by atoms with Crippen LogP contribution in [0.5, 0.6) is 0 Å². The summed E-state index contributed by atoms with van der Waals surface area (Å²) >= 11 is 0. The average Bonchev–Trinajstić information content (AvgIpc) is 3.24. The quantitative estimate of drug-likeness (QED) is 0.671. The molecule has 0 aromatic carbocycles. The minimum atomic E-state index is -0.728. The lowest BCUT2D eigenvalue weighted by Crippen LogP contribution is -2.61. The number of aliphatic carboxylic acids is 1. The van der Waals surface area contributed by atoms with Gasteiger partial charge < -0.3 is 15.3 Å². The Hall–Kier alpha value is -0.610. The fourth-order valence-corrected chi connectivity index (χ4v) is 3.05. The summed E-state index contributed by atoms with van der Waals surface area (Å²) in [4.78, 5) is 14.1. The molecule has 0 bridgehead atoms. The third-order valence-corrected chi connectivity index (χ3v) is 4.84. The highest BCUT2D eigenvalue weighted by Gasteiger charge is 2.52. The van der Waals surface area contributed by atoms with E-state index >= 15 is 0 Å². The summed E-state index contributed by atoms with van der Waals surface area (Å²) in [5.41, 5.74) is -0.728. The van der Waals surface area contributed by atoms with Crippen LogP contribution in [0.15, 0.2) is 0 Å². The molecule has 2 atom stereocenters. The van der Waals surface area contributed by atoms with E-state index in [2.05, 4.69) is 31.1 Å². The second-order valence-electron chi connectivity index (χ2n) is 6.47. The van der Waals surface area contributed by atoms with E-state index < -0.39 is 11.5 Å². The maximum absolute atomic E-state index is 11.9. The number of nitrogens with one attached hydrogen (secondary N) is 1. The number of carboxylic acids is 1. The standard InChI is InChI=1S/C15H28N2O2/c1-4-9-16-15(14(18)19,13-7-8-13)10-17(3)11(2)12-5-6-12/h11-13,16H,4-10H2,1-3H3,(H,18,19). The van der Waals surface area contributed by atoms with Crippen molar-refractivity contribution in [3.05, 3.63) is 0 Å². The lowest BCUT2D eigenvalue weighted by molar-refractivity contribution is -0.147. The average molecular weight is 268 g/mol. The van der Waals surface area contributed by atoms with Crippen molar-refractivity contribution < 1.29 is 9.90 Å². The molecule has 19 heavy (non-hydrogen) atoms. The van der Waals surface area contributed by atoms with Crippen LogP contribution >= 0.6 is 0 Å². The molecule has 2 rings (SSSR count). The van der Waals surface area contributed by atoms with Crippen molar-refractivity contribution in [2.24, 2.45) is 11.8 Å². The zero-order valence-corrected chi connectivity index (χ0v) is 12.5. The van der Waals surface area contributed by atoms with Gasteiger partial charge in [-0.1, -0.05) is 6.92 Å². The lowest BCUT2D eigenvalue weighted by atomic mass is 9.91. The van der Waals surface area contributed by atoms with Crippen LogP contribution < -0.4 is 5.32 Å². The molecule has 2 saturated carbocycles. The summed E-state index contributed by atoms with van der Waals surface area (Å²) in [6.07, 6.45) is 5.68. The largest absolute Gasteiger partial charge is 0.480 e. The molecule has 2 fully saturated rings. The third-order valence-electron chi connectivity index (χ3n) is 4.84. The lowest BCUT2D eigenvalue weighted by Gasteiger charge is -2.37. The van der Waals surface area contributed by atoms with Crippen molar-refractivity contribution in [3.8, 4) is 0 Å². The number of hydrogen-bond acceptors (Lipinski definition) is 3. The molecule has 110 valence electrons. The first-order valence-electron chi connectivity index (χ1n) is 7.70. The van der Waals surface area contributed by atoms with Crippen molar-refractivity contribution in [2.45, 2.75) is 57.5 Å². The number of hydrogen-bond donors (Lipinski definition) is 2. The normalized spacial score (nSPS) is 24.2. The first-order valence-corrected chi connectivity index (χ1v) is 7.70. The van der Waals surface area contributed by atoms with Gasteiger partial charge in [-0.15, -0.1) is 0 Å². The summed E-state index contributed by atoms with van der Waals surface area (Å²) < 4.78 is 0. The van der Waals surface area contributed by atoms with Crippen molar-refractivity contribution in [1.82, 2.24) is 10.2 Å². The van der Waals surface area contributed by atoms with E-state index in [1.807, 2.05) is 0 Å². The Morgan fingerprint density at radius 3 is 2.47 bits per heavy atom. The van der Waals surface area contributed by atoms with Crippen molar-refractivity contribution in [2.75, 3.05) is 20.1 Å². The molecule has 0 saturated heterocycles. The van der Waals surface area contributed by atoms with Crippen molar-refractivity contribution >= 4 is 5.97 Å². The predicted molar refractivity (Wildman–Crippen MR) is 76.2 cm³/mol. The summed E-state index contributed by atoms with van der Waals surface area (Å²) in [6, 6.07) is 0.501. The molecular formula is C15H28N2O2. The summed E-state index contributed by atoms with van der Waals surface area (Å²) in [5, 5.41) is 13.1. The number of carboxylic acid groups (broad SMARTS) is 1. The second kappa shape index (κ2) is 5.80. The zero-order valence-electron chi connectivity index (χ0n) is 12.5. The van der Waals surface area contributed by atoms with E-state index in [1.54, 1.807) is 0 Å². The molecule has 2 N–H and O–H groups in total. The topological polar surface area (TPSA) is 52.6 Å². The Morgan fingerprint density at radius 2 is 2.05 bits per heavy atom. The van der Waals surface area contributed by atoms with Crippen molar-refractivity contribution in [1.29, 1.82) is 0 Å². The molecule has 2 unspecified atom stereocenters. The molecule has 4 nitrogen and oxygen atoms in total. The smallest absolute Gasteiger partial charge is 0.325 e. The molecule has 0 heterocycles. The van der Waals surface area contributed by atoms with E-state index in [0.29, 0.717) is 18.5 Å². The van der Waals surface area contributed by atoms with Gasteiger partial charge in [0.05, 0.1) is 0 Å². The van der Waals surface area contributed by atoms with E-state index in [0.717, 1.165) is 31.7 Å². The summed E-state index contributed by atoms with van der Waals surface area (Å²) in [7, 11) is 2.08. The fourth-order valence-electron chi connectivity index (χ4n) is 3.05. The number of nitrogens with zero attached hydrogens (tertiary/aromatic N) is 1. The van der Waals surface area contributed by atoms with Gasteiger partial charge in [0.15, 0.2) is 0 Å². The molecule has 2 aliphatic rings. The van der Waals surface area contributed by atoms with Crippen LogP contribution in [0.25, 0.3) is 0 Å². The van der Waals surface area contributed by atoms with Crippen LogP contribution in [0, 0.1) is 11.8 Å². The SMILES string of the molecule is CCCNC(CN(C)C(C)C1CC1)(C(=O)O)C1CC1. The summed E-state index contributed by atoms with van der Waals surface area (Å²) in [6.45, 7) is 5.74. The van der Waals surface area contributed by atoms with Crippen LogP contribution in [0.2, 0.25) is 0 Å². The molecule has 0 amide bonds. The van der Waals surface area contributed by atoms with E-state index in [-0.39, 0.29) is 0 Å². The second-order valence-corrected chi connectivity index (χ2v) is 6.47. The van der Waals surface area contributed by atoms with Crippen LogP contribution in [0.1, 0.15) is 46.0 Å². The maximum atomic E-state index is 11.9. The first kappa shape index (κ1) is 14.8. The van der Waals surface area contributed by atoms with Gasteiger partial charge in [0.2, 0.25) is 0 Å². The zero-order chi connectivity index (χ0) is 14.0. The Bertz CT molecular complexity index is 326. The molecule has 0 aromatic heterocycles. The van der Waals surface area contributed by atoms with E-state index in [4.69, 9.17) is 0 Å². The van der Waals surface area contributed by atoms with Crippen molar-refractivity contribution in [3.63, 3.8) is 0 Å². The number of likely N-dealkylation sites (N-methyl/N-ethyl adjacent to an activating group) is 1. The molecule has 0 aliphatic heterocycles. The van der Waals surface area contributed by atoms with Gasteiger partial charge in [-0.2, -0.15) is 0 Å². The summed E-state index contributed by atoms with van der Waals surface area (Å²) in [5.74, 6) is 0.422. The Balaban J connectivity index is 2.04. The minimum absolute atomic E-state index is 0.311. The van der Waals surface area contributed by atoms with E-state index in [9.17, 15) is 9.90 Å². The first-order chi connectivity index (χ1) is 9.01. The predicted octanol–water partition coefficient (Wildman–Crippen LogP) is 1.95. The molecule has 4 heteroatoms. The monoisotopic (exact) mass is 268 g/mol. The van der Waals surface area contributed by atoms with Gasteiger partial charge in [0, 0.05) is 12.6 Å².